The van der Waals surface area contributed by atoms with E-state index in [0.717, 1.165) is 55.7 Å². The van der Waals surface area contributed by atoms with Gasteiger partial charge in [0.15, 0.2) is 6.29 Å². The van der Waals surface area contributed by atoms with E-state index in [4.69, 9.17) is 4.74 Å². The molecule has 0 spiro atoms. The molecule has 5 aromatic carbocycles. The first kappa shape index (κ1) is 22.3. The van der Waals surface area contributed by atoms with Crippen molar-refractivity contribution in [2.24, 2.45) is 0 Å². The zero-order valence-electron chi connectivity index (χ0n) is 20.7. The highest BCUT2D eigenvalue weighted by atomic mass is 16.5. The smallest absolute Gasteiger partial charge is 0.253 e. The van der Waals surface area contributed by atoms with Crippen molar-refractivity contribution >= 4 is 50.3 Å². The third kappa shape index (κ3) is 3.18. The Morgan fingerprint density at radius 3 is 1.97 bits per heavy atom. The number of carbonyl (C=O) groups excluding carboxylic acids is 2. The van der Waals surface area contributed by atoms with E-state index in [1.165, 1.54) is 0 Å². The number of carbonyl (C=O) groups is 2. The van der Waals surface area contributed by atoms with Crippen LogP contribution in [0.5, 0.6) is 5.75 Å². The summed E-state index contributed by atoms with van der Waals surface area (Å²) in [6.07, 6.45) is 2.69. The molecule has 1 saturated heterocycles. The number of anilines is 1. The maximum Gasteiger partial charge on any atom is 0.253 e. The second-order valence-corrected chi connectivity index (χ2v) is 9.66. The number of amides is 1. The van der Waals surface area contributed by atoms with Gasteiger partial charge in [-0.2, -0.15) is 0 Å². The fraction of sp³-hybridized carbons (Fsp3) is 0.0909. The molecule has 184 valence electrons. The summed E-state index contributed by atoms with van der Waals surface area (Å²) in [4.78, 5) is 28.0. The molecule has 0 radical (unpaired) electrons. The SMILES string of the molecule is COc1ccc(N2C(=O)C(n3cc(C=O)c4ccccc43)C2c2c3ccccc3cc3ccccc23)cc1. The molecule has 2 atom stereocenters. The van der Waals surface area contributed by atoms with E-state index >= 15 is 0 Å². The molecule has 1 aromatic heterocycles. The quantitative estimate of drug-likeness (QED) is 0.145. The number of hydrogen-bond donors (Lipinski definition) is 0. The van der Waals surface area contributed by atoms with Gasteiger partial charge < -0.3 is 14.2 Å². The molecular weight excluding hydrogens is 472 g/mol. The number of fused-ring (bicyclic) bond motifs is 3. The van der Waals surface area contributed by atoms with Gasteiger partial charge in [-0.05, 0) is 63.5 Å². The Kier molecular flexibility index (Phi) is 5.05. The summed E-state index contributed by atoms with van der Waals surface area (Å²) < 4.78 is 7.36. The molecule has 1 aliphatic heterocycles. The summed E-state index contributed by atoms with van der Waals surface area (Å²) in [6, 6.07) is 33.5. The van der Waals surface area contributed by atoms with Gasteiger partial charge >= 0.3 is 0 Å². The lowest BCUT2D eigenvalue weighted by atomic mass is 9.82. The highest BCUT2D eigenvalue weighted by Gasteiger charge is 2.51. The lowest BCUT2D eigenvalue weighted by molar-refractivity contribution is -0.129. The van der Waals surface area contributed by atoms with Crippen molar-refractivity contribution < 1.29 is 14.3 Å². The molecule has 0 N–H and O–H groups in total. The topological polar surface area (TPSA) is 51.5 Å². The van der Waals surface area contributed by atoms with Gasteiger partial charge in [0.2, 0.25) is 0 Å². The molecule has 0 saturated carbocycles. The number of para-hydroxylation sites is 1. The lowest BCUT2D eigenvalue weighted by Crippen LogP contribution is -2.56. The van der Waals surface area contributed by atoms with Gasteiger partial charge in [-0.3, -0.25) is 9.59 Å². The molecule has 2 heterocycles. The fourth-order valence-corrected chi connectivity index (χ4v) is 5.99. The van der Waals surface area contributed by atoms with Gasteiger partial charge in [-0.1, -0.05) is 66.7 Å². The highest BCUT2D eigenvalue weighted by Crippen LogP contribution is 2.51. The predicted octanol–water partition coefficient (Wildman–Crippen LogP) is 7.10. The molecule has 6 aromatic rings. The molecule has 7 rings (SSSR count). The Hall–Kier alpha value is -4.90. The van der Waals surface area contributed by atoms with Crippen molar-refractivity contribution in [2.75, 3.05) is 12.0 Å². The van der Waals surface area contributed by atoms with Crippen LogP contribution in [0.4, 0.5) is 5.69 Å². The predicted molar refractivity (Wildman–Crippen MR) is 151 cm³/mol. The fourth-order valence-electron chi connectivity index (χ4n) is 5.99. The van der Waals surface area contributed by atoms with Crippen LogP contribution in [-0.4, -0.2) is 23.9 Å². The first-order valence-corrected chi connectivity index (χ1v) is 12.6. The molecule has 0 aliphatic carbocycles. The summed E-state index contributed by atoms with van der Waals surface area (Å²) in [5, 5.41) is 5.32. The molecule has 1 fully saturated rings. The van der Waals surface area contributed by atoms with Crippen LogP contribution in [-0.2, 0) is 4.79 Å². The van der Waals surface area contributed by atoms with Gasteiger partial charge in [-0.15, -0.1) is 0 Å². The number of hydrogen-bond acceptors (Lipinski definition) is 3. The van der Waals surface area contributed by atoms with Crippen molar-refractivity contribution in [1.29, 1.82) is 0 Å². The van der Waals surface area contributed by atoms with Crippen LogP contribution in [0.3, 0.4) is 0 Å². The summed E-state index contributed by atoms with van der Waals surface area (Å²) >= 11 is 0. The minimum atomic E-state index is -0.509. The molecule has 1 amide bonds. The summed E-state index contributed by atoms with van der Waals surface area (Å²) in [5.74, 6) is 0.716. The Balaban J connectivity index is 1.52. The monoisotopic (exact) mass is 496 g/mol. The number of ether oxygens (including phenoxy) is 1. The van der Waals surface area contributed by atoms with E-state index < -0.39 is 6.04 Å². The van der Waals surface area contributed by atoms with Crippen molar-refractivity contribution in [1.82, 2.24) is 4.57 Å². The average molecular weight is 497 g/mol. The summed E-state index contributed by atoms with van der Waals surface area (Å²) in [6.45, 7) is 0. The van der Waals surface area contributed by atoms with Crippen molar-refractivity contribution in [3.8, 4) is 5.75 Å². The van der Waals surface area contributed by atoms with Crippen LogP contribution in [0, 0.1) is 0 Å². The highest BCUT2D eigenvalue weighted by molar-refractivity contribution is 6.11. The second-order valence-electron chi connectivity index (χ2n) is 9.66. The zero-order valence-corrected chi connectivity index (χ0v) is 20.7. The summed E-state index contributed by atoms with van der Waals surface area (Å²) in [7, 11) is 1.63. The number of aromatic nitrogens is 1. The Bertz CT molecular complexity index is 1820. The maximum atomic E-state index is 14.1. The van der Waals surface area contributed by atoms with Crippen LogP contribution in [0.25, 0.3) is 32.4 Å². The van der Waals surface area contributed by atoms with Gasteiger partial charge in [0.25, 0.3) is 5.91 Å². The van der Waals surface area contributed by atoms with Crippen LogP contribution < -0.4 is 9.64 Å². The normalized spacial score (nSPS) is 17.2. The molecule has 5 heteroatoms. The van der Waals surface area contributed by atoms with Crippen LogP contribution in [0.1, 0.15) is 28.0 Å². The van der Waals surface area contributed by atoms with E-state index in [9.17, 15) is 9.59 Å². The number of benzene rings is 5. The Morgan fingerprint density at radius 2 is 1.34 bits per heavy atom. The van der Waals surface area contributed by atoms with E-state index in [-0.39, 0.29) is 11.9 Å². The minimum absolute atomic E-state index is 0.0182. The zero-order chi connectivity index (χ0) is 25.8. The summed E-state index contributed by atoms with van der Waals surface area (Å²) in [5.41, 5.74) is 3.36. The number of rotatable bonds is 5. The first-order chi connectivity index (χ1) is 18.7. The first-order valence-electron chi connectivity index (χ1n) is 12.6. The molecule has 2 unspecified atom stereocenters. The van der Waals surface area contributed by atoms with Gasteiger partial charge in [-0.25, -0.2) is 0 Å². The van der Waals surface area contributed by atoms with E-state index in [1.807, 2.05) is 88.5 Å². The maximum absolute atomic E-state index is 14.1. The van der Waals surface area contributed by atoms with Crippen LogP contribution in [0.15, 0.2) is 109 Å². The van der Waals surface area contributed by atoms with E-state index in [2.05, 4.69) is 30.3 Å². The van der Waals surface area contributed by atoms with E-state index in [1.54, 1.807) is 7.11 Å². The number of aldehydes is 1. The average Bonchev–Trinajstić information content (AvgIpc) is 3.33. The molecule has 0 bridgehead atoms. The lowest BCUT2D eigenvalue weighted by Gasteiger charge is -2.48. The molecule has 38 heavy (non-hydrogen) atoms. The molecule has 1 aliphatic rings. The van der Waals surface area contributed by atoms with Gasteiger partial charge in [0, 0.05) is 28.4 Å². The third-order valence-corrected chi connectivity index (χ3v) is 7.73. The van der Waals surface area contributed by atoms with Crippen LogP contribution >= 0.6 is 0 Å². The minimum Gasteiger partial charge on any atom is -0.497 e. The Labute approximate surface area is 219 Å². The van der Waals surface area contributed by atoms with Crippen LogP contribution in [0.2, 0.25) is 0 Å². The van der Waals surface area contributed by atoms with Crippen molar-refractivity contribution in [3.05, 3.63) is 120 Å². The van der Waals surface area contributed by atoms with Crippen molar-refractivity contribution in [2.45, 2.75) is 12.1 Å². The van der Waals surface area contributed by atoms with Crippen molar-refractivity contribution in [3.63, 3.8) is 0 Å². The molecule has 5 nitrogen and oxygen atoms in total. The van der Waals surface area contributed by atoms with Gasteiger partial charge in [0.1, 0.15) is 11.8 Å². The number of methoxy groups -OCH3 is 1. The number of β-lactam (4-membered cyclic amide) rings is 1. The third-order valence-electron chi connectivity index (χ3n) is 7.73. The Morgan fingerprint density at radius 1 is 0.737 bits per heavy atom. The number of nitrogens with zero attached hydrogens (tertiary/aromatic N) is 2. The van der Waals surface area contributed by atoms with Gasteiger partial charge in [0.05, 0.1) is 13.2 Å². The molecular formula is C33H24N2O3. The largest absolute Gasteiger partial charge is 0.497 e. The standard InChI is InChI=1S/C33H24N2O3/c1-38-25-16-14-24(15-17-25)35-31(30-27-11-4-2-8-21(27)18-22-9-3-5-12-28(22)30)32(33(35)37)34-19-23(20-36)26-10-6-7-13-29(26)34/h2-20,31-32H,1H3. The van der Waals surface area contributed by atoms with E-state index in [0.29, 0.717) is 5.56 Å². The second kappa shape index (κ2) is 8.60.